The van der Waals surface area contributed by atoms with Crippen LogP contribution in [-0.4, -0.2) is 34.9 Å². The molecule has 1 N–H and O–H groups in total. The molecular weight excluding hydrogens is 310 g/mol. The predicted molar refractivity (Wildman–Crippen MR) is 100 cm³/mol. The van der Waals surface area contributed by atoms with Crippen molar-refractivity contribution < 1.29 is 4.79 Å². The van der Waals surface area contributed by atoms with Gasteiger partial charge in [0.2, 0.25) is 0 Å². The highest BCUT2D eigenvalue weighted by atomic mass is 16.1. The Morgan fingerprint density at radius 3 is 2.72 bits per heavy atom. The van der Waals surface area contributed by atoms with Crippen LogP contribution in [0.4, 0.5) is 0 Å². The van der Waals surface area contributed by atoms with E-state index in [2.05, 4.69) is 53.3 Å². The van der Waals surface area contributed by atoms with Crippen molar-refractivity contribution in [1.29, 1.82) is 0 Å². The molecule has 4 nitrogen and oxygen atoms in total. The first-order valence-corrected chi connectivity index (χ1v) is 9.12. The lowest BCUT2D eigenvalue weighted by molar-refractivity contribution is 0.0918. The van der Waals surface area contributed by atoms with Gasteiger partial charge in [-0.2, -0.15) is 0 Å². The molecule has 4 heteroatoms. The summed E-state index contributed by atoms with van der Waals surface area (Å²) >= 11 is 0. The first-order valence-electron chi connectivity index (χ1n) is 9.12. The minimum absolute atomic E-state index is 0.0423. The molecule has 25 heavy (non-hydrogen) atoms. The molecule has 1 aliphatic heterocycles. The summed E-state index contributed by atoms with van der Waals surface area (Å²) < 4.78 is 0. The largest absolute Gasteiger partial charge is 0.350 e. The van der Waals surface area contributed by atoms with E-state index in [4.69, 9.17) is 0 Å². The highest BCUT2D eigenvalue weighted by Gasteiger charge is 2.24. The van der Waals surface area contributed by atoms with Crippen molar-refractivity contribution in [3.05, 3.63) is 65.5 Å². The Balaban J connectivity index is 1.65. The van der Waals surface area contributed by atoms with Crippen molar-refractivity contribution in [2.75, 3.05) is 13.1 Å². The van der Waals surface area contributed by atoms with Crippen molar-refractivity contribution in [3.63, 3.8) is 0 Å². The Bertz CT molecular complexity index is 699. The lowest BCUT2D eigenvalue weighted by Gasteiger charge is -2.36. The number of aromatic nitrogens is 1. The molecule has 1 aliphatic rings. The fourth-order valence-corrected chi connectivity index (χ4v) is 3.54. The van der Waals surface area contributed by atoms with Gasteiger partial charge in [0.15, 0.2) is 0 Å². The smallest absolute Gasteiger partial charge is 0.252 e. The number of hydrogen-bond acceptors (Lipinski definition) is 3. The predicted octanol–water partition coefficient (Wildman–Crippen LogP) is 3.28. The zero-order valence-electron chi connectivity index (χ0n) is 15.1. The number of nitrogens with zero attached hydrogens (tertiary/aromatic N) is 2. The van der Waals surface area contributed by atoms with E-state index in [1.165, 1.54) is 11.1 Å². The van der Waals surface area contributed by atoms with E-state index in [1.54, 1.807) is 24.5 Å². The minimum Gasteiger partial charge on any atom is -0.350 e. The Kier molecular flexibility index (Phi) is 5.82. The normalized spacial score (nSPS) is 15.6. The summed E-state index contributed by atoms with van der Waals surface area (Å²) in [4.78, 5) is 18.9. The number of pyridine rings is 1. The molecule has 132 valence electrons. The molecule has 1 atom stereocenters. The second-order valence-corrected chi connectivity index (χ2v) is 7.22. The summed E-state index contributed by atoms with van der Waals surface area (Å²) in [6, 6.07) is 12.6. The van der Waals surface area contributed by atoms with E-state index in [9.17, 15) is 4.79 Å². The van der Waals surface area contributed by atoms with Gasteiger partial charge in [0.1, 0.15) is 0 Å². The zero-order chi connectivity index (χ0) is 17.6. The van der Waals surface area contributed by atoms with E-state index >= 15 is 0 Å². The number of hydrogen-bond donors (Lipinski definition) is 1. The maximum Gasteiger partial charge on any atom is 0.252 e. The van der Waals surface area contributed by atoms with Crippen LogP contribution in [0.5, 0.6) is 0 Å². The maximum atomic E-state index is 12.3. The molecule has 0 saturated carbocycles. The number of nitrogens with one attached hydrogen (secondary N) is 1. The Labute approximate surface area is 150 Å². The molecule has 2 aromatic rings. The first kappa shape index (κ1) is 17.6. The van der Waals surface area contributed by atoms with Crippen LogP contribution in [0.15, 0.2) is 48.8 Å². The molecule has 0 saturated heterocycles. The van der Waals surface area contributed by atoms with Gasteiger partial charge < -0.3 is 5.32 Å². The third-order valence-electron chi connectivity index (χ3n) is 4.84. The Morgan fingerprint density at radius 1 is 1.20 bits per heavy atom. The van der Waals surface area contributed by atoms with Gasteiger partial charge in [0, 0.05) is 38.1 Å². The molecule has 1 unspecified atom stereocenters. The standard InChI is InChI=1S/C21H27N3O/c1-16(2)12-20(14-23-21(25)18-8-5-10-22-13-18)24-11-9-17-6-3-4-7-19(17)15-24/h3-8,10,13,16,20H,9,11-12,14-15H2,1-2H3,(H,23,25). The fourth-order valence-electron chi connectivity index (χ4n) is 3.54. The number of carbonyl (C=O) groups excluding carboxylic acids is 1. The van der Waals surface area contributed by atoms with Crippen LogP contribution in [0, 0.1) is 5.92 Å². The molecule has 0 spiro atoms. The van der Waals surface area contributed by atoms with E-state index in [0.717, 1.165) is 25.9 Å². The van der Waals surface area contributed by atoms with E-state index < -0.39 is 0 Å². The third-order valence-corrected chi connectivity index (χ3v) is 4.84. The highest BCUT2D eigenvalue weighted by Crippen LogP contribution is 2.22. The average molecular weight is 337 g/mol. The van der Waals surface area contributed by atoms with Gasteiger partial charge in [-0.05, 0) is 42.0 Å². The molecule has 0 radical (unpaired) electrons. The van der Waals surface area contributed by atoms with Crippen LogP contribution in [0.3, 0.4) is 0 Å². The van der Waals surface area contributed by atoms with Crippen LogP contribution in [0.25, 0.3) is 0 Å². The SMILES string of the molecule is CC(C)CC(CNC(=O)c1cccnc1)N1CCc2ccccc2C1. The van der Waals surface area contributed by atoms with Crippen LogP contribution in [0.2, 0.25) is 0 Å². The van der Waals surface area contributed by atoms with Crippen LogP contribution >= 0.6 is 0 Å². The fraction of sp³-hybridized carbons (Fsp3) is 0.429. The summed E-state index contributed by atoms with van der Waals surface area (Å²) in [5, 5.41) is 3.11. The van der Waals surface area contributed by atoms with Crippen molar-refractivity contribution in [2.24, 2.45) is 5.92 Å². The van der Waals surface area contributed by atoms with Gasteiger partial charge in [0.05, 0.1) is 5.56 Å². The monoisotopic (exact) mass is 337 g/mol. The van der Waals surface area contributed by atoms with Crippen molar-refractivity contribution >= 4 is 5.91 Å². The Hall–Kier alpha value is -2.20. The summed E-state index contributed by atoms with van der Waals surface area (Å²) in [6.45, 7) is 7.18. The molecule has 0 bridgehead atoms. The summed E-state index contributed by atoms with van der Waals surface area (Å²) in [5.41, 5.74) is 3.50. The lowest BCUT2D eigenvalue weighted by Crippen LogP contribution is -2.46. The number of amides is 1. The molecule has 2 heterocycles. The summed E-state index contributed by atoms with van der Waals surface area (Å²) in [7, 11) is 0. The quantitative estimate of drug-likeness (QED) is 0.880. The number of carbonyl (C=O) groups is 1. The van der Waals surface area contributed by atoms with E-state index in [0.29, 0.717) is 24.1 Å². The molecule has 0 fully saturated rings. The van der Waals surface area contributed by atoms with Crippen LogP contribution < -0.4 is 5.32 Å². The van der Waals surface area contributed by atoms with Gasteiger partial charge >= 0.3 is 0 Å². The summed E-state index contributed by atoms with van der Waals surface area (Å²) in [6.07, 6.45) is 5.46. The molecule has 3 rings (SSSR count). The van der Waals surface area contributed by atoms with Gasteiger partial charge in [-0.1, -0.05) is 38.1 Å². The molecule has 1 amide bonds. The number of benzene rings is 1. The first-order chi connectivity index (χ1) is 12.1. The number of rotatable bonds is 6. The lowest BCUT2D eigenvalue weighted by atomic mass is 9.95. The van der Waals surface area contributed by atoms with Crippen LogP contribution in [0.1, 0.15) is 41.8 Å². The second kappa shape index (κ2) is 8.26. The minimum atomic E-state index is -0.0423. The summed E-state index contributed by atoms with van der Waals surface area (Å²) in [5.74, 6) is 0.553. The van der Waals surface area contributed by atoms with Gasteiger partial charge in [0.25, 0.3) is 5.91 Å². The van der Waals surface area contributed by atoms with Gasteiger partial charge in [-0.15, -0.1) is 0 Å². The van der Waals surface area contributed by atoms with Crippen molar-refractivity contribution in [2.45, 2.75) is 39.3 Å². The molecule has 0 aliphatic carbocycles. The average Bonchev–Trinajstić information content (AvgIpc) is 2.65. The van der Waals surface area contributed by atoms with Gasteiger partial charge in [-0.3, -0.25) is 14.7 Å². The van der Waals surface area contributed by atoms with Crippen molar-refractivity contribution in [1.82, 2.24) is 15.2 Å². The molecule has 1 aromatic heterocycles. The van der Waals surface area contributed by atoms with Gasteiger partial charge in [-0.25, -0.2) is 0 Å². The number of fused-ring (bicyclic) bond motifs is 1. The second-order valence-electron chi connectivity index (χ2n) is 7.22. The van der Waals surface area contributed by atoms with E-state index in [1.807, 2.05) is 0 Å². The third kappa shape index (κ3) is 4.67. The highest BCUT2D eigenvalue weighted by molar-refractivity contribution is 5.93. The Morgan fingerprint density at radius 2 is 2.00 bits per heavy atom. The topological polar surface area (TPSA) is 45.2 Å². The molecular formula is C21H27N3O. The van der Waals surface area contributed by atoms with Crippen LogP contribution in [-0.2, 0) is 13.0 Å². The maximum absolute atomic E-state index is 12.3. The molecule has 1 aromatic carbocycles. The van der Waals surface area contributed by atoms with Crippen molar-refractivity contribution in [3.8, 4) is 0 Å². The van der Waals surface area contributed by atoms with E-state index in [-0.39, 0.29) is 5.91 Å². The zero-order valence-corrected chi connectivity index (χ0v) is 15.1.